The smallest absolute Gasteiger partial charge is 0.337 e. The zero-order chi connectivity index (χ0) is 35.0. The molecule has 1 N–H and O–H groups in total. The van der Waals surface area contributed by atoms with Crippen molar-refractivity contribution in [1.82, 2.24) is 0 Å². The largest absolute Gasteiger partial charge is 0.457 e. The minimum absolute atomic E-state index is 0.156. The highest BCUT2D eigenvalue weighted by molar-refractivity contribution is 5.83. The average Bonchev–Trinajstić information content (AvgIpc) is 3.34. The summed E-state index contributed by atoms with van der Waals surface area (Å²) in [6.45, 7) is 24.3. The van der Waals surface area contributed by atoms with Gasteiger partial charge in [0.2, 0.25) is 5.79 Å². The van der Waals surface area contributed by atoms with Gasteiger partial charge in [0.15, 0.2) is 0 Å². The summed E-state index contributed by atoms with van der Waals surface area (Å²) in [5, 5.41) is 10.6. The molecule has 5 heteroatoms. The number of carbonyl (C=O) groups excluding carboxylic acids is 1. The fraction of sp³-hybridized carbons (Fsp3) is 0.881. The molecule has 1 aliphatic heterocycles. The number of carbonyl (C=O) groups is 1. The Hall–Kier alpha value is -1.33. The highest BCUT2D eigenvalue weighted by Gasteiger charge is 2.58. The predicted molar refractivity (Wildman–Crippen MR) is 195 cm³/mol. The highest BCUT2D eigenvalue weighted by atomic mass is 16.7. The van der Waals surface area contributed by atoms with Crippen molar-refractivity contribution in [3.05, 3.63) is 23.5 Å². The number of allylic oxidation sites excluding steroid dienone is 1. The molecule has 0 aromatic heterocycles. The quantitative estimate of drug-likeness (QED) is 0.136. The number of ether oxygens (including phenoxy) is 3. The van der Waals surface area contributed by atoms with Crippen LogP contribution in [0.1, 0.15) is 166 Å². The third kappa shape index (κ3) is 10.3. The van der Waals surface area contributed by atoms with E-state index in [1.54, 1.807) is 19.4 Å². The highest BCUT2D eigenvalue weighted by Crippen LogP contribution is 2.66. The molecule has 0 spiro atoms. The van der Waals surface area contributed by atoms with E-state index in [4.69, 9.17) is 14.2 Å². The summed E-state index contributed by atoms with van der Waals surface area (Å²) in [7, 11) is 0. The van der Waals surface area contributed by atoms with E-state index >= 15 is 0 Å². The van der Waals surface area contributed by atoms with Crippen molar-refractivity contribution in [2.75, 3.05) is 6.61 Å². The van der Waals surface area contributed by atoms with Crippen LogP contribution in [0.2, 0.25) is 0 Å². The molecule has 7 unspecified atom stereocenters. The van der Waals surface area contributed by atoms with E-state index in [0.29, 0.717) is 16.6 Å². The lowest BCUT2D eigenvalue weighted by Crippen LogP contribution is -2.50. The number of hydrogen-bond donors (Lipinski definition) is 1. The van der Waals surface area contributed by atoms with Crippen LogP contribution in [0.15, 0.2) is 23.5 Å². The van der Waals surface area contributed by atoms with E-state index in [2.05, 4.69) is 54.5 Å². The Bertz CT molecular complexity index is 1040. The van der Waals surface area contributed by atoms with Crippen molar-refractivity contribution in [2.24, 2.45) is 46.3 Å². The lowest BCUT2D eigenvalue weighted by atomic mass is 9.47. The van der Waals surface area contributed by atoms with Gasteiger partial charge in [-0.15, -0.1) is 0 Å². The Kier molecular flexibility index (Phi) is 15.0. The molecule has 5 aliphatic rings. The number of aliphatic hydroxyl groups is 1. The predicted octanol–water partition coefficient (Wildman–Crippen LogP) is 11.2. The second-order valence-corrected chi connectivity index (χ2v) is 17.1. The van der Waals surface area contributed by atoms with Crippen LogP contribution in [-0.2, 0) is 19.0 Å². The summed E-state index contributed by atoms with van der Waals surface area (Å²) in [4.78, 5) is 11.8. The third-order valence-electron chi connectivity index (χ3n) is 12.6. The maximum absolute atomic E-state index is 11.8. The van der Waals surface area contributed by atoms with Gasteiger partial charge < -0.3 is 19.3 Å². The number of esters is 1. The van der Waals surface area contributed by atoms with Crippen LogP contribution in [0, 0.1) is 46.3 Å². The topological polar surface area (TPSA) is 65.0 Å². The molecule has 0 saturated heterocycles. The van der Waals surface area contributed by atoms with Crippen LogP contribution >= 0.6 is 0 Å². The first-order valence-electron chi connectivity index (χ1n) is 19.8. The summed E-state index contributed by atoms with van der Waals surface area (Å²) < 4.78 is 17.1. The van der Waals surface area contributed by atoms with E-state index in [0.717, 1.165) is 48.3 Å². The molecule has 5 nitrogen and oxygen atoms in total. The van der Waals surface area contributed by atoms with Gasteiger partial charge in [0.25, 0.3) is 0 Å². The Morgan fingerprint density at radius 1 is 0.936 bits per heavy atom. The van der Waals surface area contributed by atoms with E-state index in [1.165, 1.54) is 76.7 Å². The van der Waals surface area contributed by atoms with Crippen molar-refractivity contribution in [3.63, 3.8) is 0 Å². The Balaban J connectivity index is 0.000000784. The van der Waals surface area contributed by atoms with E-state index in [-0.39, 0.29) is 19.1 Å². The second kappa shape index (κ2) is 17.6. The average molecular weight is 659 g/mol. The first kappa shape index (κ1) is 40.1. The van der Waals surface area contributed by atoms with Crippen molar-refractivity contribution in [2.45, 2.75) is 184 Å². The summed E-state index contributed by atoms with van der Waals surface area (Å²) >= 11 is 0. The monoisotopic (exact) mass is 659 g/mol. The number of unbranched alkanes of at least 4 members (excludes halogenated alkanes) is 1. The number of hydrogen-bond acceptors (Lipinski definition) is 5. The molecule has 1 heterocycles. The molecule has 5 rings (SSSR count). The van der Waals surface area contributed by atoms with Gasteiger partial charge in [-0.3, -0.25) is 0 Å². The maximum atomic E-state index is 11.8. The van der Waals surface area contributed by atoms with Gasteiger partial charge in [0.1, 0.15) is 5.76 Å². The fourth-order valence-electron chi connectivity index (χ4n) is 9.70. The van der Waals surface area contributed by atoms with Crippen LogP contribution < -0.4 is 0 Å². The summed E-state index contributed by atoms with van der Waals surface area (Å²) in [5.74, 6) is 4.27. The number of aliphatic hydroxyl groups excluding tert-OH is 1. The molecule has 3 fully saturated rings. The van der Waals surface area contributed by atoms with Crippen LogP contribution in [0.5, 0.6) is 0 Å². The van der Waals surface area contributed by atoms with Crippen molar-refractivity contribution in [3.8, 4) is 0 Å². The van der Waals surface area contributed by atoms with E-state index in [1.807, 2.05) is 13.8 Å². The zero-order valence-electron chi connectivity index (χ0n) is 32.5. The van der Waals surface area contributed by atoms with E-state index in [9.17, 15) is 9.90 Å². The SMILES string of the molecule is CC.CC(C)CCCC[C@H]1CCC2C3CC=C4CC(OCC(O)CC5=CC(=O)OC(C)(C)O5)CCC4(C)C3CCC21C.CCC(C)C. The molecular formula is C42H74O5. The Labute approximate surface area is 290 Å². The molecule has 4 aliphatic carbocycles. The van der Waals surface area contributed by atoms with Gasteiger partial charge in [-0.2, -0.15) is 0 Å². The second-order valence-electron chi connectivity index (χ2n) is 17.1. The molecule has 0 radical (unpaired) electrons. The third-order valence-corrected chi connectivity index (χ3v) is 12.6. The normalized spacial score (nSPS) is 34.6. The Morgan fingerprint density at radius 3 is 2.28 bits per heavy atom. The molecule has 3 saturated carbocycles. The standard InChI is InChI=1S/C35H56O5.C5H12.C2H6/c1-23(2)9-7-8-10-24-12-14-30-29-13-11-25-19-27(15-17-35(25,6)31(29)16-18-34(24,30)5)38-22-26(36)20-28-21-32(37)40-33(3,4)39-28;1-4-5(2)3;1-2/h11,21,23-24,26-27,29-31,36H,7-10,12-20,22H2,1-6H3;5H,4H2,1-3H3;1-2H3/t24-,26?,27?,29?,30?,31?,34?,35?;;/m0../s1. The molecular weight excluding hydrogens is 584 g/mol. The molecule has 272 valence electrons. The summed E-state index contributed by atoms with van der Waals surface area (Å²) in [6, 6.07) is 0. The number of fused-ring (bicyclic) bond motifs is 5. The maximum Gasteiger partial charge on any atom is 0.337 e. The summed E-state index contributed by atoms with van der Waals surface area (Å²) in [5.41, 5.74) is 2.49. The zero-order valence-corrected chi connectivity index (χ0v) is 32.5. The van der Waals surface area contributed by atoms with Crippen LogP contribution in [0.25, 0.3) is 0 Å². The first-order chi connectivity index (χ1) is 22.2. The van der Waals surface area contributed by atoms with Crippen molar-refractivity contribution < 1.29 is 24.1 Å². The van der Waals surface area contributed by atoms with Crippen LogP contribution in [0.3, 0.4) is 0 Å². The molecule has 0 amide bonds. The van der Waals surface area contributed by atoms with Crippen molar-refractivity contribution in [1.29, 1.82) is 0 Å². The van der Waals surface area contributed by atoms with Gasteiger partial charge in [-0.25, -0.2) is 4.79 Å². The lowest BCUT2D eigenvalue weighted by Gasteiger charge is -2.58. The minimum Gasteiger partial charge on any atom is -0.457 e. The van der Waals surface area contributed by atoms with E-state index < -0.39 is 17.9 Å². The van der Waals surface area contributed by atoms with Gasteiger partial charge in [-0.05, 0) is 104 Å². The van der Waals surface area contributed by atoms with Gasteiger partial charge in [-0.1, -0.05) is 99.6 Å². The minimum atomic E-state index is -0.996. The fourth-order valence-corrected chi connectivity index (χ4v) is 9.70. The lowest BCUT2D eigenvalue weighted by molar-refractivity contribution is -0.207. The Morgan fingerprint density at radius 2 is 1.64 bits per heavy atom. The number of cyclic esters (lactones) is 1. The van der Waals surface area contributed by atoms with Gasteiger partial charge in [0.05, 0.1) is 24.9 Å². The van der Waals surface area contributed by atoms with Gasteiger partial charge >= 0.3 is 5.97 Å². The molecule has 8 atom stereocenters. The first-order valence-corrected chi connectivity index (χ1v) is 19.8. The van der Waals surface area contributed by atoms with Crippen LogP contribution in [-0.4, -0.2) is 35.7 Å². The molecule has 0 aromatic carbocycles. The van der Waals surface area contributed by atoms with Crippen molar-refractivity contribution >= 4 is 5.97 Å². The summed E-state index contributed by atoms with van der Waals surface area (Å²) in [6.07, 6.45) is 20.8. The number of rotatable bonds is 11. The van der Waals surface area contributed by atoms with Gasteiger partial charge in [0, 0.05) is 20.3 Å². The molecule has 0 bridgehead atoms. The molecule has 47 heavy (non-hydrogen) atoms. The molecule has 0 aromatic rings. The van der Waals surface area contributed by atoms with Crippen LogP contribution in [0.4, 0.5) is 0 Å².